The van der Waals surface area contributed by atoms with Crippen molar-refractivity contribution in [1.29, 1.82) is 0 Å². The molecule has 0 spiro atoms. The molecule has 1 heterocycles. The number of nitrogens with one attached hydrogen (secondary N) is 1. The van der Waals surface area contributed by atoms with Gasteiger partial charge in [-0.15, -0.1) is 0 Å². The molecule has 0 aromatic heterocycles. The van der Waals surface area contributed by atoms with Crippen LogP contribution >= 0.6 is 15.9 Å². The monoisotopic (exact) mass is 329 g/mol. The van der Waals surface area contributed by atoms with Crippen molar-refractivity contribution in [3.8, 4) is 11.5 Å². The Labute approximate surface area is 122 Å². The fourth-order valence-corrected chi connectivity index (χ4v) is 2.59. The number of fused-ring (bicyclic) bond motifs is 1. The molecule has 0 saturated carbocycles. The van der Waals surface area contributed by atoms with E-state index in [1.54, 1.807) is 0 Å². The van der Waals surface area contributed by atoms with Crippen LogP contribution in [0.25, 0.3) is 0 Å². The van der Waals surface area contributed by atoms with Gasteiger partial charge in [-0.2, -0.15) is 0 Å². The average molecular weight is 330 g/mol. The van der Waals surface area contributed by atoms with E-state index < -0.39 is 0 Å². The molecule has 106 valence electrons. The summed E-state index contributed by atoms with van der Waals surface area (Å²) < 4.78 is 12.3. The fourth-order valence-electron chi connectivity index (χ4n) is 1.99. The molecule has 1 aliphatic heterocycles. The number of halogens is 1. The van der Waals surface area contributed by atoms with E-state index in [1.807, 2.05) is 12.1 Å². The maximum Gasteiger partial charge on any atom is 0.175 e. The van der Waals surface area contributed by atoms with Crippen molar-refractivity contribution in [3.63, 3.8) is 0 Å². The summed E-state index contributed by atoms with van der Waals surface area (Å²) in [6.07, 6.45) is 1.80. The van der Waals surface area contributed by atoms with E-state index >= 15 is 0 Å². The van der Waals surface area contributed by atoms with Crippen LogP contribution in [0, 0.1) is 0 Å². The van der Waals surface area contributed by atoms with Crippen molar-refractivity contribution in [2.24, 2.45) is 0 Å². The zero-order chi connectivity index (χ0) is 13.7. The molecule has 0 bridgehead atoms. The molecule has 1 atom stereocenters. The van der Waals surface area contributed by atoms with Gasteiger partial charge in [0.25, 0.3) is 0 Å². The van der Waals surface area contributed by atoms with Gasteiger partial charge in [-0.05, 0) is 40.0 Å². The molecule has 0 unspecified atom stereocenters. The Morgan fingerprint density at radius 3 is 2.89 bits per heavy atom. The Morgan fingerprint density at radius 2 is 2.16 bits per heavy atom. The van der Waals surface area contributed by atoms with E-state index in [0.29, 0.717) is 19.8 Å². The molecule has 1 aliphatic rings. The van der Waals surface area contributed by atoms with Crippen molar-refractivity contribution in [2.75, 3.05) is 19.8 Å². The predicted octanol–water partition coefficient (Wildman–Crippen LogP) is 2.47. The van der Waals surface area contributed by atoms with Crippen molar-refractivity contribution < 1.29 is 14.6 Å². The number of hydrogen-bond acceptors (Lipinski definition) is 4. The normalized spacial score (nSPS) is 15.9. The fraction of sp³-hybridized carbons (Fsp3) is 0.571. The topological polar surface area (TPSA) is 50.7 Å². The summed E-state index contributed by atoms with van der Waals surface area (Å²) in [5.41, 5.74) is 1.11. The highest BCUT2D eigenvalue weighted by atomic mass is 79.9. The van der Waals surface area contributed by atoms with Crippen LogP contribution in [0.4, 0.5) is 0 Å². The van der Waals surface area contributed by atoms with Crippen LogP contribution in [-0.4, -0.2) is 31.0 Å². The molecule has 19 heavy (non-hydrogen) atoms. The second-order valence-electron chi connectivity index (χ2n) is 4.62. The quantitative estimate of drug-likeness (QED) is 0.871. The molecule has 1 aromatic carbocycles. The third-order valence-corrected chi connectivity index (χ3v) is 3.76. The number of ether oxygens (including phenoxy) is 2. The van der Waals surface area contributed by atoms with Gasteiger partial charge in [0.2, 0.25) is 0 Å². The Balaban J connectivity index is 2.10. The van der Waals surface area contributed by atoms with Gasteiger partial charge < -0.3 is 19.9 Å². The zero-order valence-electron chi connectivity index (χ0n) is 11.1. The summed E-state index contributed by atoms with van der Waals surface area (Å²) in [5, 5.41) is 12.5. The molecule has 4 nitrogen and oxygen atoms in total. The molecule has 0 radical (unpaired) electrons. The van der Waals surface area contributed by atoms with Crippen LogP contribution in [0.1, 0.15) is 25.3 Å². The summed E-state index contributed by atoms with van der Waals surface area (Å²) in [6, 6.07) is 4.17. The molecule has 0 saturated heterocycles. The number of rotatable bonds is 5. The Morgan fingerprint density at radius 1 is 1.37 bits per heavy atom. The lowest BCUT2D eigenvalue weighted by Crippen LogP contribution is -2.31. The summed E-state index contributed by atoms with van der Waals surface area (Å²) in [6.45, 7) is 4.28. The van der Waals surface area contributed by atoms with Gasteiger partial charge in [-0.1, -0.05) is 6.92 Å². The molecule has 2 N–H and O–H groups in total. The highest BCUT2D eigenvalue weighted by molar-refractivity contribution is 9.10. The minimum absolute atomic E-state index is 0.134. The first kappa shape index (κ1) is 14.6. The minimum Gasteiger partial charge on any atom is -0.490 e. The Kier molecular flexibility index (Phi) is 5.48. The molecule has 1 aromatic rings. The van der Waals surface area contributed by atoms with Gasteiger partial charge in [0.1, 0.15) is 0 Å². The van der Waals surface area contributed by atoms with E-state index in [4.69, 9.17) is 9.47 Å². The molecule has 5 heteroatoms. The molecule has 0 amide bonds. The first-order valence-electron chi connectivity index (χ1n) is 6.66. The van der Waals surface area contributed by atoms with Gasteiger partial charge in [0.05, 0.1) is 24.3 Å². The SMILES string of the molecule is CC[C@H](CO)NCc1cc(Br)c2c(c1)OCCCO2. The molecule has 0 fully saturated rings. The van der Waals surface area contributed by atoms with Crippen LogP contribution in [0.5, 0.6) is 11.5 Å². The van der Waals surface area contributed by atoms with E-state index in [1.165, 1.54) is 0 Å². The van der Waals surface area contributed by atoms with E-state index in [2.05, 4.69) is 28.2 Å². The third-order valence-electron chi connectivity index (χ3n) is 3.17. The smallest absolute Gasteiger partial charge is 0.175 e. The zero-order valence-corrected chi connectivity index (χ0v) is 12.7. The lowest BCUT2D eigenvalue weighted by atomic mass is 10.1. The lowest BCUT2D eigenvalue weighted by molar-refractivity contribution is 0.238. The number of aliphatic hydroxyl groups excluding tert-OH is 1. The van der Waals surface area contributed by atoms with Gasteiger partial charge >= 0.3 is 0 Å². The second-order valence-corrected chi connectivity index (χ2v) is 5.48. The van der Waals surface area contributed by atoms with Gasteiger partial charge in [0, 0.05) is 19.0 Å². The largest absolute Gasteiger partial charge is 0.490 e. The summed E-state index contributed by atoms with van der Waals surface area (Å²) >= 11 is 3.53. The second kappa shape index (κ2) is 7.12. The third kappa shape index (κ3) is 3.84. The lowest BCUT2D eigenvalue weighted by Gasteiger charge is -2.16. The Hall–Kier alpha value is -0.780. The van der Waals surface area contributed by atoms with Crippen LogP contribution in [0.15, 0.2) is 16.6 Å². The van der Waals surface area contributed by atoms with Crippen LogP contribution in [0.2, 0.25) is 0 Å². The molecular weight excluding hydrogens is 310 g/mol. The first-order chi connectivity index (χ1) is 9.24. The highest BCUT2D eigenvalue weighted by Gasteiger charge is 2.15. The van der Waals surface area contributed by atoms with Gasteiger partial charge in [0.15, 0.2) is 11.5 Å². The van der Waals surface area contributed by atoms with E-state index in [-0.39, 0.29) is 12.6 Å². The van der Waals surface area contributed by atoms with Crippen molar-refractivity contribution in [2.45, 2.75) is 32.4 Å². The van der Waals surface area contributed by atoms with Crippen LogP contribution in [-0.2, 0) is 6.54 Å². The molecule has 0 aliphatic carbocycles. The van der Waals surface area contributed by atoms with Crippen molar-refractivity contribution in [1.82, 2.24) is 5.32 Å². The maximum atomic E-state index is 9.17. The number of aliphatic hydroxyl groups is 1. The van der Waals surface area contributed by atoms with Gasteiger partial charge in [-0.3, -0.25) is 0 Å². The standard InChI is InChI=1S/C14H20BrNO3/c1-2-11(9-17)16-8-10-6-12(15)14-13(7-10)18-4-3-5-19-14/h6-7,11,16-17H,2-5,8-9H2,1H3/t11-/m1/s1. The Bertz CT molecular complexity index is 421. The molecule has 2 rings (SSSR count). The molecular formula is C14H20BrNO3. The number of hydrogen-bond donors (Lipinski definition) is 2. The predicted molar refractivity (Wildman–Crippen MR) is 77.8 cm³/mol. The number of benzene rings is 1. The van der Waals surface area contributed by atoms with E-state index in [0.717, 1.165) is 34.4 Å². The van der Waals surface area contributed by atoms with Crippen LogP contribution in [0.3, 0.4) is 0 Å². The van der Waals surface area contributed by atoms with E-state index in [9.17, 15) is 5.11 Å². The first-order valence-corrected chi connectivity index (χ1v) is 7.46. The van der Waals surface area contributed by atoms with Gasteiger partial charge in [-0.25, -0.2) is 0 Å². The van der Waals surface area contributed by atoms with Crippen LogP contribution < -0.4 is 14.8 Å². The summed E-state index contributed by atoms with van der Waals surface area (Å²) in [7, 11) is 0. The average Bonchev–Trinajstić information content (AvgIpc) is 2.65. The maximum absolute atomic E-state index is 9.17. The minimum atomic E-state index is 0.134. The summed E-state index contributed by atoms with van der Waals surface area (Å²) in [5.74, 6) is 1.58. The summed E-state index contributed by atoms with van der Waals surface area (Å²) in [4.78, 5) is 0. The highest BCUT2D eigenvalue weighted by Crippen LogP contribution is 2.38. The van der Waals surface area contributed by atoms with Crippen molar-refractivity contribution in [3.05, 3.63) is 22.2 Å². The van der Waals surface area contributed by atoms with Crippen molar-refractivity contribution >= 4 is 15.9 Å².